The fourth-order valence-electron chi connectivity index (χ4n) is 3.79. The van der Waals surface area contributed by atoms with Crippen LogP contribution in [-0.2, 0) is 16.0 Å². The third-order valence-corrected chi connectivity index (χ3v) is 5.28. The van der Waals surface area contributed by atoms with E-state index < -0.39 is 0 Å². The van der Waals surface area contributed by atoms with Gasteiger partial charge in [-0.15, -0.1) is 0 Å². The molecule has 2 saturated heterocycles. The number of nitrogens with one attached hydrogen (secondary N) is 2. The molecule has 2 atom stereocenters. The van der Waals surface area contributed by atoms with E-state index >= 15 is 0 Å². The highest BCUT2D eigenvalue weighted by molar-refractivity contribution is 5.82. The van der Waals surface area contributed by atoms with Crippen LogP contribution in [0.1, 0.15) is 37.7 Å². The first kappa shape index (κ1) is 17.9. The average molecular weight is 343 g/mol. The van der Waals surface area contributed by atoms with Crippen molar-refractivity contribution in [2.24, 2.45) is 5.92 Å². The third kappa shape index (κ3) is 5.30. The molecule has 2 heterocycles. The monoisotopic (exact) mass is 343 g/mol. The third-order valence-electron chi connectivity index (χ3n) is 5.28. The second kappa shape index (κ2) is 8.99. The molecule has 2 amide bonds. The van der Waals surface area contributed by atoms with Crippen LogP contribution in [-0.4, -0.2) is 48.9 Å². The molecule has 2 aliphatic heterocycles. The minimum atomic E-state index is -0.0211. The van der Waals surface area contributed by atoms with Gasteiger partial charge in [0.2, 0.25) is 11.8 Å². The lowest BCUT2D eigenvalue weighted by Crippen LogP contribution is -2.46. The summed E-state index contributed by atoms with van der Waals surface area (Å²) in [4.78, 5) is 26.6. The number of hydrogen-bond acceptors (Lipinski definition) is 3. The van der Waals surface area contributed by atoms with E-state index in [-0.39, 0.29) is 17.9 Å². The van der Waals surface area contributed by atoms with Crippen molar-refractivity contribution in [1.82, 2.24) is 15.5 Å². The highest BCUT2D eigenvalue weighted by Crippen LogP contribution is 2.17. The van der Waals surface area contributed by atoms with Gasteiger partial charge in [-0.05, 0) is 50.1 Å². The van der Waals surface area contributed by atoms with Crippen LogP contribution in [0.2, 0.25) is 0 Å². The maximum absolute atomic E-state index is 12.5. The second-order valence-corrected chi connectivity index (χ2v) is 7.23. The lowest BCUT2D eigenvalue weighted by molar-refractivity contribution is -0.132. The van der Waals surface area contributed by atoms with Crippen LogP contribution in [0.3, 0.4) is 0 Å². The van der Waals surface area contributed by atoms with Gasteiger partial charge in [0, 0.05) is 26.1 Å². The summed E-state index contributed by atoms with van der Waals surface area (Å²) >= 11 is 0. The first-order valence-corrected chi connectivity index (χ1v) is 9.55. The minimum absolute atomic E-state index is 0.0211. The zero-order valence-corrected chi connectivity index (χ0v) is 14.9. The zero-order valence-electron chi connectivity index (χ0n) is 14.9. The Morgan fingerprint density at radius 3 is 2.76 bits per heavy atom. The molecule has 2 aliphatic rings. The number of amides is 2. The maximum Gasteiger partial charge on any atom is 0.237 e. The quantitative estimate of drug-likeness (QED) is 0.827. The predicted molar refractivity (Wildman–Crippen MR) is 98.1 cm³/mol. The van der Waals surface area contributed by atoms with Crippen molar-refractivity contribution >= 4 is 11.8 Å². The molecular formula is C20H29N3O2. The van der Waals surface area contributed by atoms with E-state index in [0.29, 0.717) is 18.9 Å². The molecule has 0 spiro atoms. The number of likely N-dealkylation sites (tertiary alicyclic amines) is 1. The van der Waals surface area contributed by atoms with Crippen molar-refractivity contribution in [1.29, 1.82) is 0 Å². The number of carbonyl (C=O) groups is 2. The Kier molecular flexibility index (Phi) is 6.45. The van der Waals surface area contributed by atoms with Crippen LogP contribution in [0, 0.1) is 5.92 Å². The molecule has 1 aromatic carbocycles. The van der Waals surface area contributed by atoms with Gasteiger partial charge >= 0.3 is 0 Å². The van der Waals surface area contributed by atoms with Gasteiger partial charge in [0.15, 0.2) is 0 Å². The number of rotatable bonds is 6. The number of aryl methyl sites for hydroxylation is 1. The normalized spacial score (nSPS) is 23.4. The predicted octanol–water partition coefficient (Wildman–Crippen LogP) is 1.73. The smallest absolute Gasteiger partial charge is 0.237 e. The van der Waals surface area contributed by atoms with E-state index in [1.807, 2.05) is 23.1 Å². The van der Waals surface area contributed by atoms with Crippen molar-refractivity contribution in [2.75, 3.05) is 26.2 Å². The van der Waals surface area contributed by atoms with Crippen molar-refractivity contribution in [3.8, 4) is 0 Å². The molecule has 2 unspecified atom stereocenters. The van der Waals surface area contributed by atoms with Crippen LogP contribution in [0.15, 0.2) is 30.3 Å². The van der Waals surface area contributed by atoms with E-state index in [4.69, 9.17) is 0 Å². The lowest BCUT2D eigenvalue weighted by Gasteiger charge is -2.33. The average Bonchev–Trinajstić information content (AvgIpc) is 3.20. The fraction of sp³-hybridized carbons (Fsp3) is 0.600. The molecule has 5 nitrogen and oxygen atoms in total. The molecule has 0 aromatic heterocycles. The Balaban J connectivity index is 1.40. The number of nitrogens with zero attached hydrogens (tertiary/aromatic N) is 1. The fourth-order valence-corrected chi connectivity index (χ4v) is 3.79. The van der Waals surface area contributed by atoms with E-state index in [1.54, 1.807) is 0 Å². The molecule has 0 radical (unpaired) electrons. The van der Waals surface area contributed by atoms with Crippen molar-refractivity contribution in [3.63, 3.8) is 0 Å². The van der Waals surface area contributed by atoms with Gasteiger partial charge in [0.1, 0.15) is 0 Å². The second-order valence-electron chi connectivity index (χ2n) is 7.23. The van der Waals surface area contributed by atoms with E-state index in [0.717, 1.165) is 51.7 Å². The molecule has 0 saturated carbocycles. The topological polar surface area (TPSA) is 61.4 Å². The first-order valence-electron chi connectivity index (χ1n) is 9.55. The summed E-state index contributed by atoms with van der Waals surface area (Å²) in [5, 5.41) is 6.30. The molecule has 25 heavy (non-hydrogen) atoms. The van der Waals surface area contributed by atoms with Crippen molar-refractivity contribution < 1.29 is 9.59 Å². The lowest BCUT2D eigenvalue weighted by atomic mass is 9.97. The highest BCUT2D eigenvalue weighted by atomic mass is 16.2. The maximum atomic E-state index is 12.5. The van der Waals surface area contributed by atoms with Crippen molar-refractivity contribution in [2.45, 2.75) is 44.6 Å². The Morgan fingerprint density at radius 1 is 1.16 bits per heavy atom. The largest absolute Gasteiger partial charge is 0.354 e. The summed E-state index contributed by atoms with van der Waals surface area (Å²) in [5.41, 5.74) is 1.21. The van der Waals surface area contributed by atoms with Gasteiger partial charge in [-0.3, -0.25) is 9.59 Å². The number of piperidine rings is 1. The molecular weight excluding hydrogens is 314 g/mol. The van der Waals surface area contributed by atoms with Gasteiger partial charge in [0.05, 0.1) is 6.04 Å². The molecule has 2 N–H and O–H groups in total. The molecule has 5 heteroatoms. The number of hydrogen-bond donors (Lipinski definition) is 2. The summed E-state index contributed by atoms with van der Waals surface area (Å²) in [6.07, 6.45) is 5.48. The van der Waals surface area contributed by atoms with Gasteiger partial charge < -0.3 is 15.5 Å². The van der Waals surface area contributed by atoms with Gasteiger partial charge in [-0.2, -0.15) is 0 Å². The molecule has 0 bridgehead atoms. The Bertz CT molecular complexity index is 570. The van der Waals surface area contributed by atoms with Gasteiger partial charge in [0.25, 0.3) is 0 Å². The van der Waals surface area contributed by atoms with E-state index in [1.165, 1.54) is 5.56 Å². The highest BCUT2D eigenvalue weighted by Gasteiger charge is 2.26. The van der Waals surface area contributed by atoms with Crippen LogP contribution >= 0.6 is 0 Å². The van der Waals surface area contributed by atoms with Crippen LogP contribution in [0.5, 0.6) is 0 Å². The van der Waals surface area contributed by atoms with Crippen LogP contribution in [0.4, 0.5) is 0 Å². The Morgan fingerprint density at radius 2 is 2.00 bits per heavy atom. The number of benzene rings is 1. The summed E-state index contributed by atoms with van der Waals surface area (Å²) in [6.45, 7) is 3.24. The minimum Gasteiger partial charge on any atom is -0.354 e. The summed E-state index contributed by atoms with van der Waals surface area (Å²) < 4.78 is 0. The molecule has 136 valence electrons. The summed E-state index contributed by atoms with van der Waals surface area (Å²) in [6, 6.07) is 10.1. The Hall–Kier alpha value is -1.88. The van der Waals surface area contributed by atoms with Gasteiger partial charge in [-0.25, -0.2) is 0 Å². The Labute approximate surface area is 150 Å². The molecule has 1 aromatic rings. The van der Waals surface area contributed by atoms with E-state index in [9.17, 15) is 9.59 Å². The summed E-state index contributed by atoms with van der Waals surface area (Å²) in [7, 11) is 0. The van der Waals surface area contributed by atoms with Gasteiger partial charge in [-0.1, -0.05) is 30.3 Å². The van der Waals surface area contributed by atoms with Crippen LogP contribution in [0.25, 0.3) is 0 Å². The SMILES string of the molecule is O=C(NCC1CCCN(C(=O)CCc2ccccc2)C1)C1CCCN1. The zero-order chi connectivity index (χ0) is 17.5. The molecule has 3 rings (SSSR count). The number of carbonyl (C=O) groups excluding carboxylic acids is 2. The van der Waals surface area contributed by atoms with E-state index in [2.05, 4.69) is 22.8 Å². The summed E-state index contributed by atoms with van der Waals surface area (Å²) in [5.74, 6) is 0.724. The van der Waals surface area contributed by atoms with Crippen molar-refractivity contribution in [3.05, 3.63) is 35.9 Å². The first-order chi connectivity index (χ1) is 12.2. The standard InChI is InChI=1S/C20H29N3O2/c24-19(11-10-16-6-2-1-3-7-16)23-13-5-8-17(15-23)14-22-20(25)18-9-4-12-21-18/h1-3,6-7,17-18,21H,4-5,8-15H2,(H,22,25). The molecule has 0 aliphatic carbocycles. The molecule has 2 fully saturated rings. The van der Waals surface area contributed by atoms with Crippen LogP contribution < -0.4 is 10.6 Å².